The second-order valence-electron chi connectivity index (χ2n) is 5.89. The third kappa shape index (κ3) is 3.85. The van der Waals surface area contributed by atoms with Crippen LogP contribution in [0.3, 0.4) is 0 Å². The Hall–Kier alpha value is -1.78. The Balaban J connectivity index is 1.93. The molecular weight excluding hydrogens is 479 g/mol. The lowest BCUT2D eigenvalue weighted by atomic mass is 10.1. The van der Waals surface area contributed by atoms with Gasteiger partial charge >= 0.3 is 13.3 Å². The molecule has 0 bridgehead atoms. The van der Waals surface area contributed by atoms with E-state index in [4.69, 9.17) is 9.79 Å². The van der Waals surface area contributed by atoms with Crippen molar-refractivity contribution < 1.29 is 27.9 Å². The summed E-state index contributed by atoms with van der Waals surface area (Å²) in [5.74, 6) is -0.457. The van der Waals surface area contributed by atoms with Crippen molar-refractivity contribution in [3.63, 3.8) is 0 Å². The van der Waals surface area contributed by atoms with Gasteiger partial charge in [-0.05, 0) is 53.2 Å². The molecule has 28 heavy (non-hydrogen) atoms. The van der Waals surface area contributed by atoms with E-state index >= 15 is 0 Å². The van der Waals surface area contributed by atoms with Crippen molar-refractivity contribution in [2.75, 3.05) is 0 Å². The third-order valence-corrected chi connectivity index (χ3v) is 7.35. The highest BCUT2D eigenvalue weighted by Crippen LogP contribution is 2.62. The summed E-state index contributed by atoms with van der Waals surface area (Å²) in [6.07, 6.45) is 1.51. The van der Waals surface area contributed by atoms with Crippen molar-refractivity contribution >= 4 is 50.9 Å². The molecule has 1 unspecified atom stereocenters. The zero-order valence-corrected chi connectivity index (χ0v) is 17.4. The minimum atomic E-state index is -5.70. The molecule has 0 aliphatic carbocycles. The van der Waals surface area contributed by atoms with E-state index in [0.29, 0.717) is 21.7 Å². The maximum atomic E-state index is 14.1. The van der Waals surface area contributed by atoms with Crippen LogP contribution < -0.4 is 5.32 Å². The first-order chi connectivity index (χ1) is 13.0. The van der Waals surface area contributed by atoms with Crippen molar-refractivity contribution in [1.82, 2.24) is 15.5 Å². The molecule has 0 aliphatic heterocycles. The quantitative estimate of drug-likeness (QED) is 0.461. The molecule has 2 heterocycles. The van der Waals surface area contributed by atoms with Gasteiger partial charge in [-0.3, -0.25) is 9.36 Å². The number of halogens is 3. The Bertz CT molecular complexity index is 1090. The molecule has 0 spiro atoms. The number of rotatable bonds is 5. The third-order valence-electron chi connectivity index (χ3n) is 3.91. The number of benzene rings is 1. The largest absolute Gasteiger partial charge is 0.400 e. The normalized spacial score (nSPS) is 13.5. The molecular formula is C16H13BrF2N3O4PS. The molecule has 3 rings (SSSR count). The minimum absolute atomic E-state index is 0.155. The Labute approximate surface area is 170 Å². The summed E-state index contributed by atoms with van der Waals surface area (Å²) >= 11 is 3.54. The van der Waals surface area contributed by atoms with Crippen molar-refractivity contribution in [1.29, 1.82) is 0 Å². The predicted octanol–water partition coefficient (Wildman–Crippen LogP) is 4.17. The Morgan fingerprint density at radius 2 is 2.07 bits per heavy atom. The summed E-state index contributed by atoms with van der Waals surface area (Å²) < 4.78 is 39.6. The standard InChI is InChI=1S/C16H13BrF2N3O4PS/c1-8(11-3-2-6-20-22-11)21-15(23)9-4-5-12-10(7-9)13(17)14(28-12)16(18,19)27(24,25)26/h2-8H,1H3,(H,21,23)(H2,24,25,26). The van der Waals surface area contributed by atoms with Crippen LogP contribution in [-0.2, 0) is 10.2 Å². The fraction of sp³-hybridized carbons (Fsp3) is 0.188. The molecule has 1 amide bonds. The number of alkyl halides is 2. The van der Waals surface area contributed by atoms with Gasteiger partial charge in [0, 0.05) is 26.3 Å². The second kappa shape index (κ2) is 7.57. The highest BCUT2D eigenvalue weighted by molar-refractivity contribution is 9.10. The van der Waals surface area contributed by atoms with Gasteiger partial charge in [0.05, 0.1) is 11.7 Å². The lowest BCUT2D eigenvalue weighted by molar-refractivity contribution is 0.0595. The predicted molar refractivity (Wildman–Crippen MR) is 103 cm³/mol. The molecule has 7 nitrogen and oxygen atoms in total. The van der Waals surface area contributed by atoms with Gasteiger partial charge in [0.1, 0.15) is 4.88 Å². The number of hydrogen-bond donors (Lipinski definition) is 3. The zero-order valence-electron chi connectivity index (χ0n) is 14.1. The Morgan fingerprint density at radius 1 is 1.36 bits per heavy atom. The molecule has 0 aliphatic rings. The van der Waals surface area contributed by atoms with E-state index in [0.717, 1.165) is 0 Å². The van der Waals surface area contributed by atoms with Gasteiger partial charge in [-0.2, -0.15) is 19.0 Å². The zero-order chi connectivity index (χ0) is 20.7. The maximum Gasteiger partial charge on any atom is 0.400 e. The number of amides is 1. The van der Waals surface area contributed by atoms with E-state index in [2.05, 4.69) is 31.4 Å². The maximum absolute atomic E-state index is 14.1. The summed E-state index contributed by atoms with van der Waals surface area (Å²) in [5.41, 5.74) is -3.58. The van der Waals surface area contributed by atoms with E-state index in [-0.39, 0.29) is 15.4 Å². The molecule has 0 saturated heterocycles. The fourth-order valence-corrected chi connectivity index (χ4v) is 5.36. The minimum Gasteiger partial charge on any atom is -0.344 e. The second-order valence-corrected chi connectivity index (χ2v) is 9.38. The van der Waals surface area contributed by atoms with E-state index in [1.54, 1.807) is 19.1 Å². The highest BCUT2D eigenvalue weighted by atomic mass is 79.9. The van der Waals surface area contributed by atoms with Crippen molar-refractivity contribution in [3.8, 4) is 0 Å². The first kappa shape index (κ1) is 20.9. The summed E-state index contributed by atoms with van der Waals surface area (Å²) in [5, 5.41) is 10.6. The van der Waals surface area contributed by atoms with E-state index in [1.807, 2.05) is 0 Å². The number of carbonyl (C=O) groups excluding carboxylic acids is 1. The van der Waals surface area contributed by atoms with Gasteiger partial charge in [0.25, 0.3) is 5.91 Å². The Kier molecular flexibility index (Phi) is 5.66. The van der Waals surface area contributed by atoms with Gasteiger partial charge in [-0.1, -0.05) is 0 Å². The van der Waals surface area contributed by atoms with Crippen LogP contribution >= 0.6 is 34.9 Å². The van der Waals surface area contributed by atoms with Crippen LogP contribution in [0.4, 0.5) is 8.78 Å². The number of nitrogens with one attached hydrogen (secondary N) is 1. The van der Waals surface area contributed by atoms with Crippen LogP contribution in [-0.4, -0.2) is 25.9 Å². The van der Waals surface area contributed by atoms with E-state index in [1.165, 1.54) is 24.4 Å². The number of fused-ring (bicyclic) bond motifs is 1. The van der Waals surface area contributed by atoms with Crippen molar-refractivity contribution in [3.05, 3.63) is 57.1 Å². The van der Waals surface area contributed by atoms with Gasteiger partial charge in [-0.15, -0.1) is 11.3 Å². The monoisotopic (exact) mass is 491 g/mol. The number of thiophene rings is 1. The molecule has 3 aromatic rings. The lowest BCUT2D eigenvalue weighted by Crippen LogP contribution is -2.27. The van der Waals surface area contributed by atoms with Gasteiger partial charge in [0.15, 0.2) is 0 Å². The smallest absolute Gasteiger partial charge is 0.344 e. The number of hydrogen-bond acceptors (Lipinski definition) is 5. The topological polar surface area (TPSA) is 112 Å². The first-order valence-corrected chi connectivity index (χ1v) is 11.0. The summed E-state index contributed by atoms with van der Waals surface area (Å²) in [6, 6.07) is 7.23. The molecule has 148 valence electrons. The number of nitrogens with zero attached hydrogens (tertiary/aromatic N) is 2. The average molecular weight is 492 g/mol. The average Bonchev–Trinajstić information content (AvgIpc) is 2.98. The van der Waals surface area contributed by atoms with Crippen molar-refractivity contribution in [2.24, 2.45) is 0 Å². The van der Waals surface area contributed by atoms with Gasteiger partial charge in [-0.25, -0.2) is 0 Å². The van der Waals surface area contributed by atoms with Crippen LogP contribution in [0.5, 0.6) is 0 Å². The molecule has 1 atom stereocenters. The van der Waals surface area contributed by atoms with Gasteiger partial charge in [0.2, 0.25) is 0 Å². The molecule has 2 aromatic heterocycles. The fourth-order valence-electron chi connectivity index (χ4n) is 2.43. The van der Waals surface area contributed by atoms with Crippen LogP contribution in [0, 0.1) is 0 Å². The van der Waals surface area contributed by atoms with Crippen LogP contribution in [0.25, 0.3) is 10.1 Å². The number of aromatic nitrogens is 2. The summed E-state index contributed by atoms with van der Waals surface area (Å²) in [7, 11) is -5.70. The Morgan fingerprint density at radius 3 is 2.68 bits per heavy atom. The van der Waals surface area contributed by atoms with Crippen molar-refractivity contribution in [2.45, 2.75) is 18.6 Å². The molecule has 1 aromatic carbocycles. The molecule has 12 heteroatoms. The number of carbonyl (C=O) groups is 1. The van der Waals surface area contributed by atoms with Crippen LogP contribution in [0.2, 0.25) is 0 Å². The molecule has 0 fully saturated rings. The highest BCUT2D eigenvalue weighted by Gasteiger charge is 2.53. The molecule has 3 N–H and O–H groups in total. The SMILES string of the molecule is CC(NC(=O)c1ccc2sc(C(F)(F)P(=O)(O)O)c(Br)c2c1)c1cccnn1. The van der Waals surface area contributed by atoms with Gasteiger partial charge < -0.3 is 15.1 Å². The lowest BCUT2D eigenvalue weighted by Gasteiger charge is -2.16. The first-order valence-electron chi connectivity index (χ1n) is 7.77. The van der Waals surface area contributed by atoms with Crippen LogP contribution in [0.1, 0.15) is 33.9 Å². The van der Waals surface area contributed by atoms with E-state index < -0.39 is 30.1 Å². The molecule has 0 radical (unpaired) electrons. The van der Waals surface area contributed by atoms with E-state index in [9.17, 15) is 18.1 Å². The summed E-state index contributed by atoms with van der Waals surface area (Å²) in [6.45, 7) is 1.72. The van der Waals surface area contributed by atoms with Crippen LogP contribution in [0.15, 0.2) is 41.0 Å². The summed E-state index contributed by atoms with van der Waals surface area (Å²) in [4.78, 5) is 29.7. The molecule has 0 saturated carbocycles.